The van der Waals surface area contributed by atoms with Crippen LogP contribution in [0.1, 0.15) is 65.2 Å². The first kappa shape index (κ1) is 15.4. The summed E-state index contributed by atoms with van der Waals surface area (Å²) in [5.41, 5.74) is 0.733. The first-order valence-corrected chi connectivity index (χ1v) is 10.1. The Bertz CT molecular complexity index is 593. The molecule has 5 rings (SSSR count). The predicted octanol–water partition coefficient (Wildman–Crippen LogP) is 3.83. The highest BCUT2D eigenvalue weighted by Crippen LogP contribution is 2.68. The zero-order valence-corrected chi connectivity index (χ0v) is 15.1. The van der Waals surface area contributed by atoms with Gasteiger partial charge in [-0.2, -0.15) is 0 Å². The lowest BCUT2D eigenvalue weighted by molar-refractivity contribution is -0.142. The number of carbonyl (C=O) groups excluding carboxylic acids is 1. The smallest absolute Gasteiger partial charge is 0.243 e. The summed E-state index contributed by atoms with van der Waals surface area (Å²) in [4.78, 5) is 11.8. The third-order valence-corrected chi connectivity index (χ3v) is 9.08. The summed E-state index contributed by atoms with van der Waals surface area (Å²) in [6.45, 7) is 5.94. The van der Waals surface area contributed by atoms with Gasteiger partial charge in [0.1, 0.15) is 0 Å². The lowest BCUT2D eigenvalue weighted by Crippen LogP contribution is -2.60. The Labute approximate surface area is 145 Å². The van der Waals surface area contributed by atoms with Crippen LogP contribution < -0.4 is 5.32 Å². The molecule has 7 atom stereocenters. The average molecular weight is 329 g/mol. The van der Waals surface area contributed by atoms with Crippen molar-refractivity contribution in [1.29, 1.82) is 0 Å². The van der Waals surface area contributed by atoms with Gasteiger partial charge >= 0.3 is 0 Å². The van der Waals surface area contributed by atoms with E-state index in [1.165, 1.54) is 44.9 Å². The van der Waals surface area contributed by atoms with Crippen LogP contribution in [0.2, 0.25) is 0 Å². The summed E-state index contributed by atoms with van der Waals surface area (Å²) in [5, 5.41) is 3.26. The molecule has 1 N–H and O–H groups in total. The van der Waals surface area contributed by atoms with Crippen molar-refractivity contribution in [2.24, 2.45) is 28.6 Å². The van der Waals surface area contributed by atoms with Crippen LogP contribution in [0.3, 0.4) is 0 Å². The van der Waals surface area contributed by atoms with Crippen molar-refractivity contribution in [1.82, 2.24) is 5.32 Å². The van der Waals surface area contributed by atoms with E-state index in [1.54, 1.807) is 6.08 Å². The zero-order valence-electron chi connectivity index (χ0n) is 15.1. The molecule has 3 saturated carbocycles. The van der Waals surface area contributed by atoms with E-state index in [9.17, 15) is 4.79 Å². The SMILES string of the molecule is C[C@]12C=CC(=O)N[C@@H]1CC[C@@H]1[C@@H]2CC[C@@]2(C)[C@H]1CC[C@@]21CCCO1. The monoisotopic (exact) mass is 329 g/mol. The van der Waals surface area contributed by atoms with Crippen LogP contribution in [0.4, 0.5) is 0 Å². The molecule has 24 heavy (non-hydrogen) atoms. The van der Waals surface area contributed by atoms with E-state index in [4.69, 9.17) is 4.74 Å². The van der Waals surface area contributed by atoms with Gasteiger partial charge in [0.2, 0.25) is 5.91 Å². The molecule has 1 amide bonds. The second-order valence-corrected chi connectivity index (χ2v) is 9.66. The Morgan fingerprint density at radius 3 is 2.71 bits per heavy atom. The maximum absolute atomic E-state index is 11.8. The lowest BCUT2D eigenvalue weighted by atomic mass is 9.47. The Morgan fingerprint density at radius 1 is 1.08 bits per heavy atom. The summed E-state index contributed by atoms with van der Waals surface area (Å²) >= 11 is 0. The fourth-order valence-electron chi connectivity index (χ4n) is 7.77. The van der Waals surface area contributed by atoms with Crippen molar-refractivity contribution in [3.8, 4) is 0 Å². The number of rotatable bonds is 0. The normalized spacial score (nSPS) is 55.8. The number of amides is 1. The van der Waals surface area contributed by atoms with Gasteiger partial charge in [0.05, 0.1) is 5.60 Å². The highest BCUT2D eigenvalue weighted by atomic mass is 16.5. The Hall–Kier alpha value is -0.830. The molecule has 4 fully saturated rings. The Morgan fingerprint density at radius 2 is 1.92 bits per heavy atom. The summed E-state index contributed by atoms with van der Waals surface area (Å²) in [5.74, 6) is 2.46. The molecule has 0 radical (unpaired) electrons. The minimum atomic E-state index is 0.107. The minimum absolute atomic E-state index is 0.107. The number of fused-ring (bicyclic) bond motifs is 6. The van der Waals surface area contributed by atoms with Crippen LogP contribution in [0.25, 0.3) is 0 Å². The van der Waals surface area contributed by atoms with Gasteiger partial charge in [-0.3, -0.25) is 4.79 Å². The first-order valence-electron chi connectivity index (χ1n) is 10.1. The quantitative estimate of drug-likeness (QED) is 0.733. The van der Waals surface area contributed by atoms with Gasteiger partial charge in [0, 0.05) is 18.1 Å². The van der Waals surface area contributed by atoms with Crippen LogP contribution >= 0.6 is 0 Å². The van der Waals surface area contributed by atoms with E-state index < -0.39 is 0 Å². The van der Waals surface area contributed by atoms with Crippen LogP contribution in [0.5, 0.6) is 0 Å². The largest absolute Gasteiger partial charge is 0.374 e. The number of nitrogens with one attached hydrogen (secondary N) is 1. The van der Waals surface area contributed by atoms with E-state index in [1.807, 2.05) is 0 Å². The van der Waals surface area contributed by atoms with E-state index in [0.29, 0.717) is 11.5 Å². The Kier molecular flexibility index (Phi) is 3.13. The molecule has 132 valence electrons. The molecule has 3 aliphatic carbocycles. The van der Waals surface area contributed by atoms with Gasteiger partial charge in [-0.05, 0) is 80.6 Å². The summed E-state index contributed by atoms with van der Waals surface area (Å²) in [7, 11) is 0. The van der Waals surface area contributed by atoms with Crippen molar-refractivity contribution in [2.45, 2.75) is 76.9 Å². The fraction of sp³-hybridized carbons (Fsp3) is 0.857. The molecule has 0 aromatic heterocycles. The number of hydrogen-bond acceptors (Lipinski definition) is 2. The molecule has 5 aliphatic rings. The minimum Gasteiger partial charge on any atom is -0.374 e. The predicted molar refractivity (Wildman–Crippen MR) is 93.4 cm³/mol. The van der Waals surface area contributed by atoms with E-state index in [2.05, 4.69) is 25.2 Å². The summed E-state index contributed by atoms with van der Waals surface area (Å²) in [6.07, 6.45) is 14.3. The topological polar surface area (TPSA) is 38.3 Å². The van der Waals surface area contributed by atoms with Crippen molar-refractivity contribution in [2.75, 3.05) is 6.61 Å². The van der Waals surface area contributed by atoms with Crippen molar-refractivity contribution >= 4 is 5.91 Å². The molecule has 0 aromatic carbocycles. The van der Waals surface area contributed by atoms with Crippen LogP contribution in [0.15, 0.2) is 12.2 Å². The summed E-state index contributed by atoms with van der Waals surface area (Å²) in [6, 6.07) is 0.346. The van der Waals surface area contributed by atoms with Gasteiger partial charge < -0.3 is 10.1 Å². The number of ether oxygens (including phenoxy) is 1. The standard InChI is InChI=1S/C21H31NO2/c1-19-10-8-18(23)22-17(19)5-4-14-15(19)6-11-20(2)16(14)7-12-21(20)9-3-13-24-21/h8,10,14-17H,3-7,9,11-13H2,1-2H3,(H,22,23)/t14-,15+,16+,17-,19-,20+,21+/m1/s1. The highest BCUT2D eigenvalue weighted by molar-refractivity contribution is 5.89. The second-order valence-electron chi connectivity index (χ2n) is 9.66. The summed E-state index contributed by atoms with van der Waals surface area (Å²) < 4.78 is 6.43. The molecular weight excluding hydrogens is 298 g/mol. The molecule has 0 unspecified atom stereocenters. The van der Waals surface area contributed by atoms with Crippen molar-refractivity contribution in [3.63, 3.8) is 0 Å². The van der Waals surface area contributed by atoms with Crippen molar-refractivity contribution in [3.05, 3.63) is 12.2 Å². The van der Waals surface area contributed by atoms with Gasteiger partial charge in [-0.15, -0.1) is 0 Å². The molecule has 1 saturated heterocycles. The third kappa shape index (κ3) is 1.75. The molecule has 3 nitrogen and oxygen atoms in total. The molecule has 2 aliphatic heterocycles. The maximum atomic E-state index is 11.8. The van der Waals surface area contributed by atoms with E-state index in [-0.39, 0.29) is 16.9 Å². The van der Waals surface area contributed by atoms with Crippen molar-refractivity contribution < 1.29 is 9.53 Å². The third-order valence-electron chi connectivity index (χ3n) is 9.08. The fourth-order valence-corrected chi connectivity index (χ4v) is 7.77. The van der Waals surface area contributed by atoms with Gasteiger partial charge in [0.25, 0.3) is 0 Å². The van der Waals surface area contributed by atoms with Crippen LogP contribution in [-0.4, -0.2) is 24.2 Å². The molecule has 2 heterocycles. The second kappa shape index (κ2) is 4.87. The molecule has 0 bridgehead atoms. The maximum Gasteiger partial charge on any atom is 0.243 e. The van der Waals surface area contributed by atoms with Gasteiger partial charge in [-0.25, -0.2) is 0 Å². The van der Waals surface area contributed by atoms with E-state index >= 15 is 0 Å². The molecular formula is C21H31NO2. The van der Waals surface area contributed by atoms with Gasteiger partial charge in [-0.1, -0.05) is 19.9 Å². The van der Waals surface area contributed by atoms with Crippen LogP contribution in [-0.2, 0) is 9.53 Å². The van der Waals surface area contributed by atoms with Gasteiger partial charge in [0.15, 0.2) is 0 Å². The lowest BCUT2D eigenvalue weighted by Gasteiger charge is -2.60. The number of hydrogen-bond donors (Lipinski definition) is 1. The average Bonchev–Trinajstić information content (AvgIpc) is 3.15. The molecule has 3 heteroatoms. The molecule has 1 spiro atoms. The molecule has 0 aromatic rings. The van der Waals surface area contributed by atoms with Crippen LogP contribution in [0, 0.1) is 28.6 Å². The number of carbonyl (C=O) groups is 1. The Balaban J connectivity index is 1.49. The highest BCUT2D eigenvalue weighted by Gasteiger charge is 2.65. The van der Waals surface area contributed by atoms with E-state index in [0.717, 1.165) is 30.8 Å². The zero-order chi connectivity index (χ0) is 16.6. The first-order chi connectivity index (χ1) is 11.5.